The first kappa shape index (κ1) is 16.7. The van der Waals surface area contributed by atoms with Gasteiger partial charge in [-0.2, -0.15) is 0 Å². The number of carbonyl (C=O) groups is 3. The van der Waals surface area contributed by atoms with Crippen molar-refractivity contribution in [2.75, 3.05) is 0 Å². The number of hydrogen-bond acceptors (Lipinski definition) is 6. The van der Waals surface area contributed by atoms with Crippen LogP contribution < -0.4 is 4.74 Å². The Labute approximate surface area is 143 Å². The van der Waals surface area contributed by atoms with Gasteiger partial charge in [-0.3, -0.25) is 14.4 Å². The molecule has 3 rings (SSSR count). The lowest BCUT2D eigenvalue weighted by atomic mass is 9.83. The number of ketones is 2. The van der Waals surface area contributed by atoms with E-state index in [2.05, 4.69) is 0 Å². The van der Waals surface area contributed by atoms with E-state index in [0.717, 1.165) is 6.07 Å². The third kappa shape index (κ3) is 2.76. The quantitative estimate of drug-likeness (QED) is 0.432. The summed E-state index contributed by atoms with van der Waals surface area (Å²) >= 11 is 0. The Morgan fingerprint density at radius 1 is 1.04 bits per heavy atom. The fraction of sp³-hybridized carbons (Fsp3) is 0.211. The van der Waals surface area contributed by atoms with Crippen LogP contribution in [0.3, 0.4) is 0 Å². The minimum Gasteiger partial charge on any atom is -0.507 e. The summed E-state index contributed by atoms with van der Waals surface area (Å²) in [4.78, 5) is 37.1. The first-order chi connectivity index (χ1) is 11.8. The molecule has 1 aliphatic rings. The van der Waals surface area contributed by atoms with E-state index in [4.69, 9.17) is 4.74 Å². The molecule has 0 aliphatic heterocycles. The van der Waals surface area contributed by atoms with E-state index >= 15 is 0 Å². The summed E-state index contributed by atoms with van der Waals surface area (Å²) < 4.78 is 5.06. The van der Waals surface area contributed by atoms with E-state index in [-0.39, 0.29) is 40.3 Å². The summed E-state index contributed by atoms with van der Waals surface area (Å²) in [7, 11) is 0. The molecule has 6 nitrogen and oxygen atoms in total. The molecule has 0 radical (unpaired) electrons. The monoisotopic (exact) mass is 340 g/mol. The zero-order valence-electron chi connectivity index (χ0n) is 13.7. The largest absolute Gasteiger partial charge is 0.507 e. The fourth-order valence-electron chi connectivity index (χ4n) is 2.81. The molecule has 0 aromatic heterocycles. The lowest BCUT2D eigenvalue weighted by Gasteiger charge is -2.20. The Kier molecular flexibility index (Phi) is 4.04. The fourth-order valence-corrected chi connectivity index (χ4v) is 2.81. The van der Waals surface area contributed by atoms with E-state index in [9.17, 15) is 24.6 Å². The molecule has 0 bridgehead atoms. The number of esters is 1. The van der Waals surface area contributed by atoms with E-state index in [1.807, 2.05) is 13.8 Å². The second-order valence-electron chi connectivity index (χ2n) is 6.27. The first-order valence-electron chi connectivity index (χ1n) is 7.79. The molecule has 0 fully saturated rings. The maximum Gasteiger partial charge on any atom is 0.311 e. The Morgan fingerprint density at radius 2 is 1.60 bits per heavy atom. The molecule has 2 N–H and O–H groups in total. The van der Waals surface area contributed by atoms with Crippen molar-refractivity contribution in [2.24, 2.45) is 5.92 Å². The number of phenols is 2. The first-order valence-corrected chi connectivity index (χ1v) is 7.79. The van der Waals surface area contributed by atoms with Crippen LogP contribution in [0.15, 0.2) is 30.3 Å². The molecule has 0 amide bonds. The van der Waals surface area contributed by atoms with Gasteiger partial charge in [0.05, 0.1) is 11.1 Å². The van der Waals surface area contributed by atoms with Gasteiger partial charge in [0.1, 0.15) is 5.75 Å². The number of fused-ring (bicyclic) bond motifs is 2. The highest BCUT2D eigenvalue weighted by Crippen LogP contribution is 2.43. The van der Waals surface area contributed by atoms with Crippen LogP contribution in [0.25, 0.3) is 0 Å². The molecular weight excluding hydrogens is 324 g/mol. The number of benzene rings is 2. The molecule has 0 spiro atoms. The molecule has 0 saturated carbocycles. The average Bonchev–Trinajstić information content (AvgIpc) is 2.55. The lowest BCUT2D eigenvalue weighted by Crippen LogP contribution is -2.21. The molecule has 0 heterocycles. The normalized spacial score (nSPS) is 12.8. The molecule has 0 saturated heterocycles. The number of rotatable bonds is 3. The van der Waals surface area contributed by atoms with Crippen molar-refractivity contribution in [2.45, 2.75) is 20.3 Å². The minimum absolute atomic E-state index is 0.0379. The molecule has 1 aliphatic carbocycles. The summed E-state index contributed by atoms with van der Waals surface area (Å²) in [5, 5.41) is 20.6. The molecule has 6 heteroatoms. The van der Waals surface area contributed by atoms with Crippen LogP contribution in [-0.2, 0) is 4.79 Å². The van der Waals surface area contributed by atoms with Crippen LogP contribution in [0.1, 0.15) is 52.1 Å². The van der Waals surface area contributed by atoms with E-state index in [1.54, 1.807) is 12.1 Å². The molecule has 25 heavy (non-hydrogen) atoms. The molecule has 2 aromatic rings. The van der Waals surface area contributed by atoms with Crippen molar-refractivity contribution < 1.29 is 29.3 Å². The maximum absolute atomic E-state index is 12.7. The predicted molar refractivity (Wildman–Crippen MR) is 88.2 cm³/mol. The minimum atomic E-state index is -0.627. The maximum atomic E-state index is 12.7. The SMILES string of the molecule is CC(C)CC(=O)Oc1cc(O)c2c(c1O)C(=O)c1ccccc1C2=O. The number of phenolic OH excluding ortho intramolecular Hbond substituents is 2. The Balaban J connectivity index is 2.12. The molecule has 128 valence electrons. The van der Waals surface area contributed by atoms with Crippen molar-refractivity contribution in [3.63, 3.8) is 0 Å². The van der Waals surface area contributed by atoms with Gasteiger partial charge in [0.25, 0.3) is 0 Å². The number of hydrogen-bond donors (Lipinski definition) is 2. The third-order valence-electron chi connectivity index (χ3n) is 3.91. The summed E-state index contributed by atoms with van der Waals surface area (Å²) in [6, 6.07) is 7.12. The second-order valence-corrected chi connectivity index (χ2v) is 6.27. The van der Waals surface area contributed by atoms with Crippen LogP contribution in [0.2, 0.25) is 0 Å². The van der Waals surface area contributed by atoms with E-state index in [0.29, 0.717) is 0 Å². The van der Waals surface area contributed by atoms with Gasteiger partial charge in [0.2, 0.25) is 0 Å². The summed E-state index contributed by atoms with van der Waals surface area (Å²) in [6.45, 7) is 3.65. The summed E-state index contributed by atoms with van der Waals surface area (Å²) in [5.41, 5.74) is -0.361. The number of ether oxygens (including phenoxy) is 1. The van der Waals surface area contributed by atoms with E-state index < -0.39 is 29.0 Å². The van der Waals surface area contributed by atoms with Gasteiger partial charge >= 0.3 is 5.97 Å². The molecule has 0 atom stereocenters. The van der Waals surface area contributed by atoms with Crippen molar-refractivity contribution in [1.29, 1.82) is 0 Å². The van der Waals surface area contributed by atoms with Crippen molar-refractivity contribution in [1.82, 2.24) is 0 Å². The summed E-state index contributed by atoms with van der Waals surface area (Å²) in [6.07, 6.45) is 0.104. The standard InChI is InChI=1S/C19H16O6/c1-9(2)7-14(21)25-13-8-12(20)15-16(19(13)24)18(23)11-6-4-3-5-10(11)17(15)22/h3-6,8-9,20,24H,7H2,1-2H3. The van der Waals surface area contributed by atoms with Gasteiger partial charge in [-0.05, 0) is 5.92 Å². The van der Waals surface area contributed by atoms with Crippen LogP contribution in [0, 0.1) is 5.92 Å². The van der Waals surface area contributed by atoms with Crippen LogP contribution in [0.4, 0.5) is 0 Å². The van der Waals surface area contributed by atoms with Gasteiger partial charge in [0.15, 0.2) is 23.1 Å². The van der Waals surface area contributed by atoms with E-state index in [1.165, 1.54) is 12.1 Å². The van der Waals surface area contributed by atoms with Gasteiger partial charge in [-0.1, -0.05) is 38.1 Å². The van der Waals surface area contributed by atoms with Gasteiger partial charge in [-0.15, -0.1) is 0 Å². The zero-order chi connectivity index (χ0) is 18.3. The van der Waals surface area contributed by atoms with Crippen molar-refractivity contribution in [3.05, 3.63) is 52.6 Å². The Bertz CT molecular complexity index is 910. The molecular formula is C19H16O6. The molecule has 0 unspecified atom stereocenters. The Hall–Kier alpha value is -3.15. The highest BCUT2D eigenvalue weighted by atomic mass is 16.5. The average molecular weight is 340 g/mol. The topological polar surface area (TPSA) is 101 Å². The number of carbonyl (C=O) groups excluding carboxylic acids is 3. The third-order valence-corrected chi connectivity index (χ3v) is 3.91. The number of aromatic hydroxyl groups is 2. The van der Waals surface area contributed by atoms with Crippen molar-refractivity contribution >= 4 is 17.5 Å². The smallest absolute Gasteiger partial charge is 0.311 e. The zero-order valence-corrected chi connectivity index (χ0v) is 13.7. The highest BCUT2D eigenvalue weighted by molar-refractivity contribution is 6.30. The second kappa shape index (κ2) is 6.05. The molecule has 2 aromatic carbocycles. The summed E-state index contributed by atoms with van der Waals surface area (Å²) in [5.74, 6) is -3.25. The van der Waals surface area contributed by atoms with Gasteiger partial charge < -0.3 is 14.9 Å². The van der Waals surface area contributed by atoms with Gasteiger partial charge in [0, 0.05) is 23.6 Å². The predicted octanol–water partition coefficient (Wildman–Crippen LogP) is 2.82. The van der Waals surface area contributed by atoms with Crippen molar-refractivity contribution in [3.8, 4) is 17.2 Å². The Morgan fingerprint density at radius 3 is 2.16 bits per heavy atom. The van der Waals surface area contributed by atoms with Crippen LogP contribution in [0.5, 0.6) is 17.2 Å². The van der Waals surface area contributed by atoms with Gasteiger partial charge in [-0.25, -0.2) is 0 Å². The highest BCUT2D eigenvalue weighted by Gasteiger charge is 2.36. The van der Waals surface area contributed by atoms with Crippen LogP contribution >= 0.6 is 0 Å². The lowest BCUT2D eigenvalue weighted by molar-refractivity contribution is -0.135. The van der Waals surface area contributed by atoms with Crippen LogP contribution in [-0.4, -0.2) is 27.7 Å².